The van der Waals surface area contributed by atoms with Crippen LogP contribution < -0.4 is 5.32 Å². The predicted molar refractivity (Wildman–Crippen MR) is 64.8 cm³/mol. The van der Waals surface area contributed by atoms with Crippen LogP contribution in [0, 0.1) is 0 Å². The minimum absolute atomic E-state index is 0.120. The van der Waals surface area contributed by atoms with Crippen LogP contribution in [0.3, 0.4) is 0 Å². The first kappa shape index (κ1) is 12.6. The van der Waals surface area contributed by atoms with E-state index >= 15 is 0 Å². The molecule has 0 spiro atoms. The average Bonchev–Trinajstić information content (AvgIpc) is 2.74. The molecule has 6 heteroatoms. The number of benzene rings is 1. The number of carbonyl (C=O) groups excluding carboxylic acids is 3. The van der Waals surface area contributed by atoms with Crippen molar-refractivity contribution in [1.29, 1.82) is 0 Å². The molecule has 0 saturated carbocycles. The molecule has 1 N–H and O–H groups in total. The number of ketones is 1. The monoisotopic (exact) mass is 267 g/mol. The molecule has 1 aliphatic heterocycles. The number of carbonyl (C=O) groups is 3. The molecule has 18 heavy (non-hydrogen) atoms. The highest BCUT2D eigenvalue weighted by atomic mass is 35.5. The third kappa shape index (κ3) is 2.22. The van der Waals surface area contributed by atoms with E-state index in [0.717, 1.165) is 12.7 Å². The molecular formula is C12H10ClNO4. The van der Waals surface area contributed by atoms with Gasteiger partial charge in [-0.25, -0.2) is 4.79 Å². The molecule has 0 saturated heterocycles. The van der Waals surface area contributed by atoms with Gasteiger partial charge in [-0.2, -0.15) is 0 Å². The Bertz CT molecular complexity index is 541. The summed E-state index contributed by atoms with van der Waals surface area (Å²) in [6.07, 6.45) is 0.224. The lowest BCUT2D eigenvalue weighted by atomic mass is 10.0. The standard InChI is InChI=1S/C12H10ClNO4/c1-18-12(17)10(13)11(16)6-2-3-8-7(4-6)5-9(15)14-8/h2-4,10H,5H2,1H3,(H,14,15). The second-order valence-electron chi connectivity index (χ2n) is 3.85. The molecule has 1 heterocycles. The molecule has 0 bridgehead atoms. The van der Waals surface area contributed by atoms with Crippen molar-refractivity contribution >= 4 is 34.9 Å². The first-order valence-electron chi connectivity index (χ1n) is 5.22. The van der Waals surface area contributed by atoms with E-state index in [9.17, 15) is 14.4 Å². The SMILES string of the molecule is COC(=O)C(Cl)C(=O)c1ccc2c(c1)CC(=O)N2. The van der Waals surface area contributed by atoms with Crippen molar-refractivity contribution in [1.82, 2.24) is 0 Å². The Morgan fingerprint density at radius 2 is 2.17 bits per heavy atom. The third-order valence-electron chi connectivity index (χ3n) is 2.65. The number of ether oxygens (including phenoxy) is 1. The van der Waals surface area contributed by atoms with Gasteiger partial charge in [0.1, 0.15) is 0 Å². The van der Waals surface area contributed by atoms with Crippen LogP contribution in [-0.2, 0) is 20.7 Å². The fourth-order valence-corrected chi connectivity index (χ4v) is 1.95. The normalized spacial score (nSPS) is 14.7. The van der Waals surface area contributed by atoms with Crippen LogP contribution in [0.15, 0.2) is 18.2 Å². The summed E-state index contributed by atoms with van der Waals surface area (Å²) >= 11 is 5.69. The summed E-state index contributed by atoms with van der Waals surface area (Å²) in [5, 5.41) is 1.29. The summed E-state index contributed by atoms with van der Waals surface area (Å²) in [6.45, 7) is 0. The number of hydrogen-bond acceptors (Lipinski definition) is 4. The van der Waals surface area contributed by atoms with Crippen molar-refractivity contribution < 1.29 is 19.1 Å². The Morgan fingerprint density at radius 3 is 2.83 bits per heavy atom. The second kappa shape index (κ2) is 4.78. The van der Waals surface area contributed by atoms with Gasteiger partial charge in [0.25, 0.3) is 0 Å². The van der Waals surface area contributed by atoms with Crippen LogP contribution in [0.4, 0.5) is 5.69 Å². The number of amides is 1. The highest BCUT2D eigenvalue weighted by Gasteiger charge is 2.27. The lowest BCUT2D eigenvalue weighted by molar-refractivity contribution is -0.139. The van der Waals surface area contributed by atoms with Gasteiger partial charge in [-0.1, -0.05) is 0 Å². The number of rotatable bonds is 3. The van der Waals surface area contributed by atoms with Gasteiger partial charge < -0.3 is 10.1 Å². The Balaban J connectivity index is 2.25. The van der Waals surface area contributed by atoms with Gasteiger partial charge in [-0.05, 0) is 23.8 Å². The minimum atomic E-state index is -1.36. The van der Waals surface area contributed by atoms with Gasteiger partial charge >= 0.3 is 5.97 Å². The van der Waals surface area contributed by atoms with Crippen LogP contribution in [0.1, 0.15) is 15.9 Å². The van der Waals surface area contributed by atoms with E-state index in [1.807, 2.05) is 0 Å². The van der Waals surface area contributed by atoms with E-state index in [2.05, 4.69) is 10.1 Å². The minimum Gasteiger partial charge on any atom is -0.468 e. The molecule has 1 unspecified atom stereocenters. The summed E-state index contributed by atoms with van der Waals surface area (Å²) in [7, 11) is 1.16. The van der Waals surface area contributed by atoms with Crippen molar-refractivity contribution in [3.05, 3.63) is 29.3 Å². The maximum absolute atomic E-state index is 11.9. The fourth-order valence-electron chi connectivity index (χ4n) is 1.74. The fraction of sp³-hybridized carbons (Fsp3) is 0.250. The quantitative estimate of drug-likeness (QED) is 0.386. The second-order valence-corrected chi connectivity index (χ2v) is 4.28. The van der Waals surface area contributed by atoms with Crippen LogP contribution in [0.2, 0.25) is 0 Å². The summed E-state index contributed by atoms with van der Waals surface area (Å²) in [4.78, 5) is 34.2. The van der Waals surface area contributed by atoms with E-state index in [0.29, 0.717) is 5.69 Å². The Labute approximate surface area is 108 Å². The van der Waals surface area contributed by atoms with E-state index in [-0.39, 0.29) is 17.9 Å². The number of hydrogen-bond donors (Lipinski definition) is 1. The number of halogens is 1. The molecule has 5 nitrogen and oxygen atoms in total. The highest BCUT2D eigenvalue weighted by molar-refractivity contribution is 6.43. The molecule has 0 radical (unpaired) electrons. The number of alkyl halides is 1. The van der Waals surface area contributed by atoms with Crippen LogP contribution in [0.5, 0.6) is 0 Å². The van der Waals surface area contributed by atoms with E-state index in [1.165, 1.54) is 6.07 Å². The van der Waals surface area contributed by atoms with E-state index in [1.54, 1.807) is 12.1 Å². The smallest absolute Gasteiger partial charge is 0.331 e. The molecule has 1 amide bonds. The van der Waals surface area contributed by atoms with Crippen LogP contribution in [-0.4, -0.2) is 30.1 Å². The molecule has 0 aliphatic carbocycles. The zero-order chi connectivity index (χ0) is 13.3. The summed E-state index contributed by atoms with van der Waals surface area (Å²) in [6, 6.07) is 4.70. The average molecular weight is 268 g/mol. The maximum Gasteiger partial charge on any atom is 0.331 e. The molecule has 1 atom stereocenters. The van der Waals surface area contributed by atoms with Crippen molar-refractivity contribution in [2.45, 2.75) is 11.8 Å². The molecular weight excluding hydrogens is 258 g/mol. The Hall–Kier alpha value is -1.88. The van der Waals surface area contributed by atoms with Gasteiger partial charge in [0, 0.05) is 11.3 Å². The molecule has 1 aromatic carbocycles. The van der Waals surface area contributed by atoms with Gasteiger partial charge in [0.05, 0.1) is 13.5 Å². The van der Waals surface area contributed by atoms with E-state index < -0.39 is 17.1 Å². The van der Waals surface area contributed by atoms with Crippen LogP contribution >= 0.6 is 11.6 Å². The van der Waals surface area contributed by atoms with Gasteiger partial charge in [-0.15, -0.1) is 11.6 Å². The number of nitrogens with one attached hydrogen (secondary N) is 1. The topological polar surface area (TPSA) is 72.5 Å². The number of Topliss-reactive ketones (excluding diaryl/α,β-unsaturated/α-hetero) is 1. The first-order valence-corrected chi connectivity index (χ1v) is 5.65. The number of anilines is 1. The summed E-state index contributed by atoms with van der Waals surface area (Å²) in [5.74, 6) is -1.45. The summed E-state index contributed by atoms with van der Waals surface area (Å²) < 4.78 is 4.41. The maximum atomic E-state index is 11.9. The number of esters is 1. The van der Waals surface area contributed by atoms with Crippen molar-refractivity contribution in [2.24, 2.45) is 0 Å². The molecule has 1 aromatic rings. The molecule has 1 aliphatic rings. The van der Waals surface area contributed by atoms with Crippen molar-refractivity contribution in [3.8, 4) is 0 Å². The van der Waals surface area contributed by atoms with E-state index in [4.69, 9.17) is 11.6 Å². The largest absolute Gasteiger partial charge is 0.468 e. The molecule has 0 fully saturated rings. The van der Waals surface area contributed by atoms with Crippen molar-refractivity contribution in [2.75, 3.05) is 12.4 Å². The van der Waals surface area contributed by atoms with Gasteiger partial charge in [-0.3, -0.25) is 9.59 Å². The van der Waals surface area contributed by atoms with Crippen LogP contribution in [0.25, 0.3) is 0 Å². The van der Waals surface area contributed by atoms with Crippen molar-refractivity contribution in [3.63, 3.8) is 0 Å². The summed E-state index contributed by atoms with van der Waals surface area (Å²) in [5.41, 5.74) is 1.69. The third-order valence-corrected chi connectivity index (χ3v) is 3.03. The Morgan fingerprint density at radius 1 is 1.44 bits per heavy atom. The number of methoxy groups -OCH3 is 1. The lowest BCUT2D eigenvalue weighted by Gasteiger charge is -2.07. The lowest BCUT2D eigenvalue weighted by Crippen LogP contribution is -2.26. The Kier molecular flexibility index (Phi) is 3.34. The van der Waals surface area contributed by atoms with Gasteiger partial charge in [0.15, 0.2) is 11.2 Å². The molecule has 0 aromatic heterocycles. The first-order chi connectivity index (χ1) is 8.52. The number of fused-ring (bicyclic) bond motifs is 1. The van der Waals surface area contributed by atoms with Gasteiger partial charge in [0.2, 0.25) is 5.91 Å². The highest BCUT2D eigenvalue weighted by Crippen LogP contribution is 2.25. The zero-order valence-electron chi connectivity index (χ0n) is 9.53. The predicted octanol–water partition coefficient (Wildman–Crippen LogP) is 1.14. The molecule has 94 valence electrons. The zero-order valence-corrected chi connectivity index (χ0v) is 10.3. The molecule has 2 rings (SSSR count).